The normalized spacial score (nSPS) is 19.3. The molecule has 0 radical (unpaired) electrons. The number of ketones is 1. The Kier molecular flexibility index (Phi) is 9.49. The molecule has 4 nitrogen and oxygen atoms in total. The van der Waals surface area contributed by atoms with E-state index in [2.05, 4.69) is 31.2 Å². The van der Waals surface area contributed by atoms with E-state index in [1.165, 1.54) is 42.4 Å². The molecule has 0 saturated heterocycles. The average molecular weight is 457 g/mol. The van der Waals surface area contributed by atoms with Crippen LogP contribution in [0.4, 0.5) is 0 Å². The second kappa shape index (κ2) is 12.3. The molecule has 1 N–H and O–H groups in total. The minimum Gasteiger partial charge on any atom is -0.465 e. The minimum absolute atomic E-state index is 0.0825. The fourth-order valence-corrected chi connectivity index (χ4v) is 5.88. The van der Waals surface area contributed by atoms with Crippen molar-refractivity contribution in [2.75, 3.05) is 13.7 Å². The number of unbranched alkanes of at least 4 members (excludes halogenated alkanes) is 2. The molecule has 1 aliphatic rings. The fraction of sp³-hybridized carbons (Fsp3) is 0.556. The molecule has 1 heterocycles. The van der Waals surface area contributed by atoms with Crippen molar-refractivity contribution in [2.45, 2.75) is 76.5 Å². The van der Waals surface area contributed by atoms with Gasteiger partial charge in [-0.3, -0.25) is 4.79 Å². The first-order valence-electron chi connectivity index (χ1n) is 12.0. The van der Waals surface area contributed by atoms with Crippen molar-refractivity contribution >= 4 is 23.1 Å². The standard InChI is InChI=1S/C27H36O4S/c1-3-4-5-7-21(18-28)19-10-12-20(13-11-19)23-15-16-25(29)24(23)9-6-8-22-14-17-26(32-22)27(30)31-2/h10-14,17,21,23-24,28H,3-9,15-16,18H2,1-2H3. The average Bonchev–Trinajstić information content (AvgIpc) is 3.44. The summed E-state index contributed by atoms with van der Waals surface area (Å²) in [7, 11) is 1.40. The Morgan fingerprint density at radius 1 is 1.16 bits per heavy atom. The Balaban J connectivity index is 1.57. The van der Waals surface area contributed by atoms with Gasteiger partial charge in [-0.1, -0.05) is 50.5 Å². The molecule has 32 heavy (non-hydrogen) atoms. The van der Waals surface area contributed by atoms with E-state index < -0.39 is 0 Å². The van der Waals surface area contributed by atoms with Gasteiger partial charge in [-0.25, -0.2) is 4.79 Å². The summed E-state index contributed by atoms with van der Waals surface area (Å²) in [5, 5.41) is 9.80. The number of esters is 1. The first kappa shape index (κ1) is 24.7. The van der Waals surface area contributed by atoms with Crippen molar-refractivity contribution in [2.24, 2.45) is 5.92 Å². The zero-order valence-electron chi connectivity index (χ0n) is 19.3. The van der Waals surface area contributed by atoms with Gasteiger partial charge in [0.2, 0.25) is 0 Å². The van der Waals surface area contributed by atoms with Gasteiger partial charge in [0.05, 0.1) is 7.11 Å². The molecule has 3 rings (SSSR count). The molecule has 2 aromatic rings. The van der Waals surface area contributed by atoms with Gasteiger partial charge in [-0.15, -0.1) is 11.3 Å². The fourth-order valence-electron chi connectivity index (χ4n) is 4.91. The summed E-state index contributed by atoms with van der Waals surface area (Å²) in [4.78, 5) is 26.0. The number of hydrogen-bond donors (Lipinski definition) is 1. The lowest BCUT2D eigenvalue weighted by molar-refractivity contribution is -0.121. The molecule has 1 aromatic heterocycles. The quantitative estimate of drug-likeness (QED) is 0.302. The molecule has 174 valence electrons. The second-order valence-electron chi connectivity index (χ2n) is 8.91. The molecular formula is C27H36O4S. The van der Waals surface area contributed by atoms with Crippen LogP contribution < -0.4 is 0 Å². The van der Waals surface area contributed by atoms with Crippen molar-refractivity contribution in [3.05, 3.63) is 57.3 Å². The maximum Gasteiger partial charge on any atom is 0.348 e. The van der Waals surface area contributed by atoms with Crippen molar-refractivity contribution in [1.82, 2.24) is 0 Å². The van der Waals surface area contributed by atoms with Gasteiger partial charge in [0.15, 0.2) is 0 Å². The van der Waals surface area contributed by atoms with Gasteiger partial charge in [-0.2, -0.15) is 0 Å². The topological polar surface area (TPSA) is 63.6 Å². The van der Waals surface area contributed by atoms with E-state index in [9.17, 15) is 14.7 Å². The zero-order chi connectivity index (χ0) is 22.9. The van der Waals surface area contributed by atoms with E-state index >= 15 is 0 Å². The number of hydrogen-bond acceptors (Lipinski definition) is 5. The van der Waals surface area contributed by atoms with Crippen LogP contribution in [0, 0.1) is 5.92 Å². The van der Waals surface area contributed by atoms with Crippen LogP contribution in [0.25, 0.3) is 0 Å². The first-order valence-corrected chi connectivity index (χ1v) is 12.8. The van der Waals surface area contributed by atoms with Gasteiger partial charge in [0, 0.05) is 29.7 Å². The number of thiophene rings is 1. The third kappa shape index (κ3) is 6.29. The van der Waals surface area contributed by atoms with Crippen LogP contribution in [0.1, 0.15) is 95.8 Å². The van der Waals surface area contributed by atoms with E-state index in [1.54, 1.807) is 0 Å². The molecule has 3 unspecified atom stereocenters. The molecule has 1 aliphatic carbocycles. The molecule has 0 bridgehead atoms. The summed E-state index contributed by atoms with van der Waals surface area (Å²) in [5.74, 6) is 0.674. The highest BCUT2D eigenvalue weighted by Crippen LogP contribution is 2.40. The highest BCUT2D eigenvalue weighted by atomic mass is 32.1. The number of aliphatic hydroxyl groups is 1. The molecular weight excluding hydrogens is 420 g/mol. The number of benzene rings is 1. The Morgan fingerprint density at radius 3 is 2.62 bits per heavy atom. The summed E-state index contributed by atoms with van der Waals surface area (Å²) in [6.07, 6.45) is 8.86. The highest BCUT2D eigenvalue weighted by Gasteiger charge is 2.35. The summed E-state index contributed by atoms with van der Waals surface area (Å²) >= 11 is 1.48. The SMILES string of the molecule is CCCCCC(CO)c1ccc(C2CCC(=O)C2CCCc2ccc(C(=O)OC)s2)cc1. The molecule has 1 fully saturated rings. The van der Waals surface area contributed by atoms with Crippen LogP contribution in [0.3, 0.4) is 0 Å². The van der Waals surface area contributed by atoms with Crippen LogP contribution in [0.5, 0.6) is 0 Å². The van der Waals surface area contributed by atoms with E-state index in [-0.39, 0.29) is 30.3 Å². The lowest BCUT2D eigenvalue weighted by Gasteiger charge is -2.20. The van der Waals surface area contributed by atoms with Gasteiger partial charge in [-0.05, 0) is 61.3 Å². The number of methoxy groups -OCH3 is 1. The minimum atomic E-state index is -0.287. The Bertz CT molecular complexity index is 870. The van der Waals surface area contributed by atoms with Crippen LogP contribution in [0.15, 0.2) is 36.4 Å². The molecule has 5 heteroatoms. The number of aryl methyl sites for hydroxylation is 1. The maximum atomic E-state index is 12.6. The summed E-state index contributed by atoms with van der Waals surface area (Å²) in [6.45, 7) is 2.39. The molecule has 0 spiro atoms. The summed E-state index contributed by atoms with van der Waals surface area (Å²) in [6, 6.07) is 12.5. The summed E-state index contributed by atoms with van der Waals surface area (Å²) in [5.41, 5.74) is 2.45. The predicted octanol–water partition coefficient (Wildman–Crippen LogP) is 6.28. The third-order valence-electron chi connectivity index (χ3n) is 6.80. The number of aliphatic hydroxyl groups excluding tert-OH is 1. The summed E-state index contributed by atoms with van der Waals surface area (Å²) < 4.78 is 4.78. The number of ether oxygens (including phenoxy) is 1. The van der Waals surface area contributed by atoms with Gasteiger partial charge in [0.1, 0.15) is 10.7 Å². The first-order chi connectivity index (χ1) is 15.6. The number of carbonyl (C=O) groups excluding carboxylic acids is 2. The van der Waals surface area contributed by atoms with E-state index in [0.29, 0.717) is 17.1 Å². The molecule has 1 aromatic carbocycles. The molecule has 3 atom stereocenters. The largest absolute Gasteiger partial charge is 0.465 e. The molecule has 0 aliphatic heterocycles. The van der Waals surface area contributed by atoms with E-state index in [1.807, 2.05) is 12.1 Å². The third-order valence-corrected chi connectivity index (χ3v) is 7.93. The predicted molar refractivity (Wildman–Crippen MR) is 129 cm³/mol. The zero-order valence-corrected chi connectivity index (χ0v) is 20.2. The van der Waals surface area contributed by atoms with Crippen molar-refractivity contribution in [3.63, 3.8) is 0 Å². The van der Waals surface area contributed by atoms with Crippen LogP contribution >= 0.6 is 11.3 Å². The van der Waals surface area contributed by atoms with Gasteiger partial charge >= 0.3 is 5.97 Å². The lowest BCUT2D eigenvalue weighted by atomic mass is 9.84. The van der Waals surface area contributed by atoms with Crippen molar-refractivity contribution in [3.8, 4) is 0 Å². The maximum absolute atomic E-state index is 12.6. The van der Waals surface area contributed by atoms with Gasteiger partial charge in [0.25, 0.3) is 0 Å². The van der Waals surface area contributed by atoms with Crippen LogP contribution in [-0.2, 0) is 16.0 Å². The van der Waals surface area contributed by atoms with E-state index in [4.69, 9.17) is 4.74 Å². The smallest absolute Gasteiger partial charge is 0.348 e. The number of Topliss-reactive ketones (excluding diaryl/α,β-unsaturated/α-hetero) is 1. The van der Waals surface area contributed by atoms with E-state index in [0.717, 1.165) is 43.4 Å². The Hall–Kier alpha value is -1.98. The van der Waals surface area contributed by atoms with Crippen molar-refractivity contribution < 1.29 is 19.4 Å². The highest BCUT2D eigenvalue weighted by molar-refractivity contribution is 7.13. The van der Waals surface area contributed by atoms with Crippen molar-refractivity contribution in [1.29, 1.82) is 0 Å². The monoisotopic (exact) mass is 456 g/mol. The second-order valence-corrected chi connectivity index (χ2v) is 10.1. The number of rotatable bonds is 12. The number of carbonyl (C=O) groups is 2. The van der Waals surface area contributed by atoms with Crippen LogP contribution in [0.2, 0.25) is 0 Å². The molecule has 0 amide bonds. The van der Waals surface area contributed by atoms with Crippen LogP contribution in [-0.4, -0.2) is 30.6 Å². The van der Waals surface area contributed by atoms with Gasteiger partial charge < -0.3 is 9.84 Å². The Morgan fingerprint density at radius 2 is 1.94 bits per heavy atom. The molecule has 1 saturated carbocycles. The lowest BCUT2D eigenvalue weighted by Crippen LogP contribution is -2.14. The Labute approximate surface area is 196 Å².